The van der Waals surface area contributed by atoms with E-state index in [2.05, 4.69) is 5.32 Å². The number of benzene rings is 1. The largest absolute Gasteiger partial charge is 0.376 e. The highest BCUT2D eigenvalue weighted by Gasteiger charge is 2.20. The van der Waals surface area contributed by atoms with E-state index in [1.165, 1.54) is 0 Å². The van der Waals surface area contributed by atoms with Crippen LogP contribution in [0.2, 0.25) is 0 Å². The van der Waals surface area contributed by atoms with E-state index in [1.807, 2.05) is 24.3 Å². The monoisotopic (exact) mass is 319 g/mol. The van der Waals surface area contributed by atoms with E-state index in [9.17, 15) is 9.59 Å². The molecule has 0 aliphatic carbocycles. The molecule has 0 unspecified atom stereocenters. The molecule has 1 aromatic carbocycles. The molecule has 1 aromatic rings. The first kappa shape index (κ1) is 17.3. The van der Waals surface area contributed by atoms with Crippen LogP contribution >= 0.6 is 0 Å². The van der Waals surface area contributed by atoms with Crippen LogP contribution in [0.15, 0.2) is 24.3 Å². The zero-order valence-corrected chi connectivity index (χ0v) is 14.0. The Morgan fingerprint density at radius 1 is 1.26 bits per heavy atom. The lowest BCUT2D eigenvalue weighted by Crippen LogP contribution is -2.37. The molecule has 0 radical (unpaired) electrons. The van der Waals surface area contributed by atoms with Crippen LogP contribution in [0.1, 0.15) is 18.4 Å². The van der Waals surface area contributed by atoms with E-state index < -0.39 is 0 Å². The minimum atomic E-state index is -0.190. The number of rotatable bonds is 5. The van der Waals surface area contributed by atoms with Gasteiger partial charge in [0.2, 0.25) is 5.91 Å². The van der Waals surface area contributed by atoms with Gasteiger partial charge in [0, 0.05) is 40.0 Å². The number of likely N-dealkylation sites (N-methyl/N-ethyl adjacent to an activating group) is 2. The minimum Gasteiger partial charge on any atom is -0.376 e. The van der Waals surface area contributed by atoms with Crippen molar-refractivity contribution >= 4 is 17.6 Å². The quantitative estimate of drug-likeness (QED) is 0.902. The van der Waals surface area contributed by atoms with Crippen molar-refractivity contribution in [3.63, 3.8) is 0 Å². The number of carbonyl (C=O) groups excluding carboxylic acids is 2. The second-order valence-electron chi connectivity index (χ2n) is 6.07. The number of hydrogen-bond acceptors (Lipinski definition) is 3. The molecular formula is C17H25N3O3. The van der Waals surface area contributed by atoms with E-state index in [4.69, 9.17) is 4.74 Å². The van der Waals surface area contributed by atoms with Gasteiger partial charge in [0.25, 0.3) is 0 Å². The molecule has 1 heterocycles. The molecule has 0 aromatic heterocycles. The average Bonchev–Trinajstić information content (AvgIpc) is 3.01. The molecule has 126 valence electrons. The van der Waals surface area contributed by atoms with Gasteiger partial charge in [-0.15, -0.1) is 0 Å². The molecule has 3 amide bonds. The lowest BCUT2D eigenvalue weighted by atomic mass is 10.1. The Labute approximate surface area is 137 Å². The molecule has 23 heavy (non-hydrogen) atoms. The highest BCUT2D eigenvalue weighted by Crippen LogP contribution is 2.18. The van der Waals surface area contributed by atoms with Gasteiger partial charge < -0.3 is 19.9 Å². The Morgan fingerprint density at radius 2 is 2.00 bits per heavy atom. The summed E-state index contributed by atoms with van der Waals surface area (Å²) in [4.78, 5) is 27.4. The number of urea groups is 1. The summed E-state index contributed by atoms with van der Waals surface area (Å²) in [6.45, 7) is 1.35. The smallest absolute Gasteiger partial charge is 0.321 e. The van der Waals surface area contributed by atoms with Gasteiger partial charge in [-0.1, -0.05) is 18.2 Å². The third kappa shape index (κ3) is 4.96. The molecule has 0 spiro atoms. The summed E-state index contributed by atoms with van der Waals surface area (Å²) in [6.07, 6.45) is 2.43. The van der Waals surface area contributed by atoms with Crippen molar-refractivity contribution in [3.05, 3.63) is 29.8 Å². The zero-order chi connectivity index (χ0) is 16.8. The predicted molar refractivity (Wildman–Crippen MR) is 89.5 cm³/mol. The maximum absolute atomic E-state index is 12.3. The van der Waals surface area contributed by atoms with E-state index >= 15 is 0 Å². The molecule has 2 rings (SSSR count). The summed E-state index contributed by atoms with van der Waals surface area (Å²) in [6, 6.07) is 7.20. The Hall–Kier alpha value is -2.08. The van der Waals surface area contributed by atoms with Crippen molar-refractivity contribution in [3.8, 4) is 0 Å². The highest BCUT2D eigenvalue weighted by atomic mass is 16.5. The van der Waals surface area contributed by atoms with Crippen LogP contribution in [0.4, 0.5) is 10.5 Å². The first-order chi connectivity index (χ1) is 11.0. The summed E-state index contributed by atoms with van der Waals surface area (Å²) < 4.78 is 5.55. The molecule has 1 saturated heterocycles. The van der Waals surface area contributed by atoms with Crippen molar-refractivity contribution in [1.29, 1.82) is 0 Å². The number of carbonyl (C=O) groups is 2. The second-order valence-corrected chi connectivity index (χ2v) is 6.07. The summed E-state index contributed by atoms with van der Waals surface area (Å²) in [7, 11) is 5.20. The normalized spacial score (nSPS) is 16.9. The van der Waals surface area contributed by atoms with Gasteiger partial charge in [-0.2, -0.15) is 0 Å². The van der Waals surface area contributed by atoms with Crippen molar-refractivity contribution < 1.29 is 14.3 Å². The number of hydrogen-bond donors (Lipinski definition) is 1. The molecule has 1 N–H and O–H groups in total. The van der Waals surface area contributed by atoms with Crippen molar-refractivity contribution in [2.45, 2.75) is 25.4 Å². The van der Waals surface area contributed by atoms with Crippen LogP contribution in [0, 0.1) is 0 Å². The van der Waals surface area contributed by atoms with Crippen molar-refractivity contribution in [1.82, 2.24) is 9.80 Å². The molecule has 6 heteroatoms. The van der Waals surface area contributed by atoms with Crippen LogP contribution in [0.3, 0.4) is 0 Å². The zero-order valence-electron chi connectivity index (χ0n) is 14.0. The maximum Gasteiger partial charge on any atom is 0.321 e. The standard InChI is InChI=1S/C17H25N3O3/c1-19(2)16(21)11-13-7-4-5-9-15(13)18-17(22)20(3)12-14-8-6-10-23-14/h4-5,7,9,14H,6,8,10-12H2,1-3H3,(H,18,22)/t14-/m1/s1. The number of para-hydroxylation sites is 1. The first-order valence-corrected chi connectivity index (χ1v) is 7.89. The number of nitrogens with zero attached hydrogens (tertiary/aromatic N) is 2. The molecule has 1 fully saturated rings. The van der Waals surface area contributed by atoms with Crippen molar-refractivity contribution in [2.24, 2.45) is 0 Å². The van der Waals surface area contributed by atoms with E-state index in [0.717, 1.165) is 25.0 Å². The van der Waals surface area contributed by atoms with Crippen LogP contribution in [0.5, 0.6) is 0 Å². The van der Waals surface area contributed by atoms with Gasteiger partial charge in [0.05, 0.1) is 12.5 Å². The lowest BCUT2D eigenvalue weighted by molar-refractivity contribution is -0.127. The molecule has 6 nitrogen and oxygen atoms in total. The van der Waals surface area contributed by atoms with Gasteiger partial charge in [-0.3, -0.25) is 4.79 Å². The molecule has 0 saturated carbocycles. The van der Waals surface area contributed by atoms with E-state index in [-0.39, 0.29) is 24.5 Å². The number of anilines is 1. The van der Waals surface area contributed by atoms with Crippen LogP contribution in [0.25, 0.3) is 0 Å². The minimum absolute atomic E-state index is 0.000547. The molecular weight excluding hydrogens is 294 g/mol. The van der Waals surface area contributed by atoms with Crippen molar-refractivity contribution in [2.75, 3.05) is 39.6 Å². The summed E-state index contributed by atoms with van der Waals surface area (Å²) in [5.74, 6) is -0.000547. The van der Waals surface area contributed by atoms with Gasteiger partial charge in [-0.25, -0.2) is 4.79 Å². The SMILES string of the molecule is CN(C)C(=O)Cc1ccccc1NC(=O)N(C)C[C@H]1CCCO1. The van der Waals surface area contributed by atoms with E-state index in [0.29, 0.717) is 12.2 Å². The average molecular weight is 319 g/mol. The van der Waals surface area contributed by atoms with Crippen LogP contribution in [-0.2, 0) is 16.0 Å². The summed E-state index contributed by atoms with van der Waals surface area (Å²) >= 11 is 0. The molecule has 1 aliphatic heterocycles. The molecule has 1 aliphatic rings. The summed E-state index contributed by atoms with van der Waals surface area (Å²) in [5, 5.41) is 2.89. The Morgan fingerprint density at radius 3 is 2.65 bits per heavy atom. The first-order valence-electron chi connectivity index (χ1n) is 7.89. The van der Waals surface area contributed by atoms with Gasteiger partial charge in [0.15, 0.2) is 0 Å². The van der Waals surface area contributed by atoms with Gasteiger partial charge >= 0.3 is 6.03 Å². The highest BCUT2D eigenvalue weighted by molar-refractivity contribution is 5.91. The van der Waals surface area contributed by atoms with E-state index in [1.54, 1.807) is 30.9 Å². The second kappa shape index (κ2) is 7.97. The fourth-order valence-electron chi connectivity index (χ4n) is 2.50. The van der Waals surface area contributed by atoms with Crippen LogP contribution in [-0.4, -0.2) is 62.1 Å². The molecule has 0 bridgehead atoms. The lowest BCUT2D eigenvalue weighted by Gasteiger charge is -2.22. The number of ether oxygens (including phenoxy) is 1. The predicted octanol–water partition coefficient (Wildman–Crippen LogP) is 1.96. The number of nitrogens with one attached hydrogen (secondary N) is 1. The third-order valence-electron chi connectivity index (χ3n) is 3.95. The Balaban J connectivity index is 1.98. The number of amides is 3. The van der Waals surface area contributed by atoms with Gasteiger partial charge in [0.1, 0.15) is 0 Å². The fraction of sp³-hybridized carbons (Fsp3) is 0.529. The Kier molecular flexibility index (Phi) is 5.98. The summed E-state index contributed by atoms with van der Waals surface area (Å²) in [5.41, 5.74) is 1.48. The van der Waals surface area contributed by atoms with Gasteiger partial charge in [-0.05, 0) is 24.5 Å². The fourth-order valence-corrected chi connectivity index (χ4v) is 2.50. The maximum atomic E-state index is 12.3. The molecule has 1 atom stereocenters. The third-order valence-corrected chi connectivity index (χ3v) is 3.95. The topological polar surface area (TPSA) is 61.9 Å². The Bertz CT molecular complexity index is 554. The van der Waals surface area contributed by atoms with Crippen LogP contribution < -0.4 is 5.32 Å².